The molecule has 0 bridgehead atoms. The van der Waals surface area contributed by atoms with Crippen LogP contribution in [0.4, 0.5) is 5.69 Å². The summed E-state index contributed by atoms with van der Waals surface area (Å²) >= 11 is 0. The van der Waals surface area contributed by atoms with E-state index in [1.54, 1.807) is 30.3 Å². The summed E-state index contributed by atoms with van der Waals surface area (Å²) in [6.45, 7) is 2.10. The van der Waals surface area contributed by atoms with Crippen molar-refractivity contribution in [1.29, 1.82) is 0 Å². The van der Waals surface area contributed by atoms with Crippen molar-refractivity contribution >= 4 is 17.8 Å². The first-order valence-corrected chi connectivity index (χ1v) is 7.51. The minimum Gasteiger partial charge on any atom is -0.494 e. The zero-order chi connectivity index (χ0) is 18.1. The Morgan fingerprint density at radius 3 is 2.60 bits per heavy atom. The first kappa shape index (κ1) is 17.9. The normalized spacial score (nSPS) is 10.4. The minimum atomic E-state index is -0.572. The van der Waals surface area contributed by atoms with Gasteiger partial charge >= 0.3 is 5.69 Å². The topological polar surface area (TPSA) is 103 Å². The number of nitrogens with one attached hydrogen (secondary N) is 1. The Balaban J connectivity index is 1.83. The molecule has 0 unspecified atom stereocenters. The van der Waals surface area contributed by atoms with Crippen molar-refractivity contribution in [2.45, 2.75) is 6.92 Å². The molecule has 0 aromatic heterocycles. The van der Waals surface area contributed by atoms with Crippen LogP contribution in [0.1, 0.15) is 12.5 Å². The molecular formula is C17H17N3O5. The Labute approximate surface area is 144 Å². The van der Waals surface area contributed by atoms with Crippen molar-refractivity contribution in [2.24, 2.45) is 5.10 Å². The lowest BCUT2D eigenvalue weighted by atomic mass is 10.2. The van der Waals surface area contributed by atoms with Gasteiger partial charge in [0.2, 0.25) is 0 Å². The van der Waals surface area contributed by atoms with E-state index in [0.717, 1.165) is 11.3 Å². The van der Waals surface area contributed by atoms with E-state index in [9.17, 15) is 14.9 Å². The third-order valence-corrected chi connectivity index (χ3v) is 3.01. The van der Waals surface area contributed by atoms with Gasteiger partial charge in [-0.1, -0.05) is 12.1 Å². The van der Waals surface area contributed by atoms with Crippen molar-refractivity contribution < 1.29 is 19.2 Å². The fourth-order valence-corrected chi connectivity index (χ4v) is 1.90. The van der Waals surface area contributed by atoms with Crippen molar-refractivity contribution in [1.82, 2.24) is 5.43 Å². The maximum absolute atomic E-state index is 11.7. The van der Waals surface area contributed by atoms with E-state index in [-0.39, 0.29) is 18.0 Å². The van der Waals surface area contributed by atoms with E-state index in [4.69, 9.17) is 9.47 Å². The summed E-state index contributed by atoms with van der Waals surface area (Å²) in [4.78, 5) is 22.0. The largest absolute Gasteiger partial charge is 0.494 e. The van der Waals surface area contributed by atoms with E-state index in [0.29, 0.717) is 6.61 Å². The smallest absolute Gasteiger partial charge is 0.310 e. The van der Waals surface area contributed by atoms with Gasteiger partial charge in [-0.25, -0.2) is 5.43 Å². The standard InChI is InChI=1S/C17H17N3O5/c1-2-24-14-9-7-13(8-10-14)11-18-19-17(21)12-25-16-6-4-3-5-15(16)20(22)23/h3-11H,2,12H2,1H3,(H,19,21). The Kier molecular flexibility index (Phi) is 6.47. The predicted octanol–water partition coefficient (Wildman–Crippen LogP) is 2.52. The zero-order valence-electron chi connectivity index (χ0n) is 13.5. The molecule has 0 heterocycles. The van der Waals surface area contributed by atoms with Crippen molar-refractivity contribution in [3.05, 3.63) is 64.2 Å². The molecule has 1 amide bonds. The number of para-hydroxylation sites is 2. The molecular weight excluding hydrogens is 326 g/mol. The van der Waals surface area contributed by atoms with Gasteiger partial charge in [-0.15, -0.1) is 0 Å². The molecule has 8 heteroatoms. The second-order valence-corrected chi connectivity index (χ2v) is 4.81. The number of carbonyl (C=O) groups excluding carboxylic acids is 1. The fourth-order valence-electron chi connectivity index (χ4n) is 1.90. The predicted molar refractivity (Wildman–Crippen MR) is 91.9 cm³/mol. The molecule has 0 aliphatic carbocycles. The summed E-state index contributed by atoms with van der Waals surface area (Å²) in [6, 6.07) is 13.0. The number of hydrogen-bond acceptors (Lipinski definition) is 6. The quantitative estimate of drug-likeness (QED) is 0.451. The van der Waals surface area contributed by atoms with Gasteiger partial charge in [-0.2, -0.15) is 5.10 Å². The average Bonchev–Trinajstić information content (AvgIpc) is 2.62. The third-order valence-electron chi connectivity index (χ3n) is 3.01. The Bertz CT molecular complexity index is 759. The summed E-state index contributed by atoms with van der Waals surface area (Å²) < 4.78 is 10.5. The van der Waals surface area contributed by atoms with Gasteiger partial charge in [-0.05, 0) is 42.8 Å². The number of nitro benzene ring substituents is 1. The van der Waals surface area contributed by atoms with Crippen LogP contribution in [-0.4, -0.2) is 30.3 Å². The fraction of sp³-hybridized carbons (Fsp3) is 0.176. The Hall–Kier alpha value is -3.42. The van der Waals surface area contributed by atoms with Gasteiger partial charge in [0.15, 0.2) is 12.4 Å². The van der Waals surface area contributed by atoms with Crippen LogP contribution in [0.15, 0.2) is 53.6 Å². The number of carbonyl (C=O) groups is 1. The molecule has 2 aromatic rings. The lowest BCUT2D eigenvalue weighted by Gasteiger charge is -2.05. The summed E-state index contributed by atoms with van der Waals surface area (Å²) in [5, 5.41) is 14.7. The lowest BCUT2D eigenvalue weighted by molar-refractivity contribution is -0.385. The number of benzene rings is 2. The highest BCUT2D eigenvalue weighted by Gasteiger charge is 2.14. The molecule has 0 aliphatic heterocycles. The van der Waals surface area contributed by atoms with Crippen LogP contribution in [0.25, 0.3) is 0 Å². The summed E-state index contributed by atoms with van der Waals surface area (Å²) in [6.07, 6.45) is 1.47. The van der Waals surface area contributed by atoms with Gasteiger partial charge in [0.05, 0.1) is 17.7 Å². The second kappa shape index (κ2) is 9.02. The van der Waals surface area contributed by atoms with Gasteiger partial charge in [0, 0.05) is 6.07 Å². The van der Waals surface area contributed by atoms with E-state index in [1.807, 2.05) is 6.92 Å². The molecule has 0 fully saturated rings. The summed E-state index contributed by atoms with van der Waals surface area (Å²) in [7, 11) is 0. The first-order valence-electron chi connectivity index (χ1n) is 7.51. The Morgan fingerprint density at radius 1 is 1.20 bits per heavy atom. The van der Waals surface area contributed by atoms with Crippen molar-refractivity contribution in [3.63, 3.8) is 0 Å². The molecule has 0 atom stereocenters. The number of ether oxygens (including phenoxy) is 2. The average molecular weight is 343 g/mol. The van der Waals surface area contributed by atoms with Gasteiger partial charge in [0.1, 0.15) is 5.75 Å². The molecule has 0 aliphatic rings. The van der Waals surface area contributed by atoms with Gasteiger partial charge in [0.25, 0.3) is 5.91 Å². The molecule has 25 heavy (non-hydrogen) atoms. The first-order chi connectivity index (χ1) is 12.1. The zero-order valence-corrected chi connectivity index (χ0v) is 13.5. The molecule has 0 radical (unpaired) electrons. The molecule has 2 rings (SSSR count). The number of amides is 1. The van der Waals surface area contributed by atoms with E-state index in [2.05, 4.69) is 10.5 Å². The third kappa shape index (κ3) is 5.61. The van der Waals surface area contributed by atoms with E-state index >= 15 is 0 Å². The summed E-state index contributed by atoms with van der Waals surface area (Å²) in [5.41, 5.74) is 2.87. The number of rotatable bonds is 8. The van der Waals surface area contributed by atoms with Crippen LogP contribution in [0.3, 0.4) is 0 Å². The van der Waals surface area contributed by atoms with Crippen LogP contribution in [0, 0.1) is 10.1 Å². The monoisotopic (exact) mass is 343 g/mol. The Morgan fingerprint density at radius 2 is 1.92 bits per heavy atom. The molecule has 130 valence electrons. The van der Waals surface area contributed by atoms with Crippen LogP contribution >= 0.6 is 0 Å². The van der Waals surface area contributed by atoms with Crippen molar-refractivity contribution in [3.8, 4) is 11.5 Å². The lowest BCUT2D eigenvalue weighted by Crippen LogP contribution is -2.24. The van der Waals surface area contributed by atoms with E-state index < -0.39 is 10.8 Å². The van der Waals surface area contributed by atoms with Crippen molar-refractivity contribution in [2.75, 3.05) is 13.2 Å². The molecule has 8 nitrogen and oxygen atoms in total. The number of hydrazone groups is 1. The molecule has 2 aromatic carbocycles. The second-order valence-electron chi connectivity index (χ2n) is 4.81. The highest BCUT2D eigenvalue weighted by molar-refractivity contribution is 5.83. The number of hydrogen-bond donors (Lipinski definition) is 1. The number of nitrogens with zero attached hydrogens (tertiary/aromatic N) is 2. The molecule has 0 saturated heterocycles. The molecule has 0 saturated carbocycles. The number of nitro groups is 1. The molecule has 1 N–H and O–H groups in total. The van der Waals surface area contributed by atoms with Crippen LogP contribution in [0.2, 0.25) is 0 Å². The van der Waals surface area contributed by atoms with Gasteiger partial charge < -0.3 is 9.47 Å². The summed E-state index contributed by atoms with van der Waals surface area (Å²) in [5.74, 6) is 0.250. The van der Waals surface area contributed by atoms with E-state index in [1.165, 1.54) is 24.4 Å². The maximum atomic E-state index is 11.7. The maximum Gasteiger partial charge on any atom is 0.310 e. The highest BCUT2D eigenvalue weighted by atomic mass is 16.6. The van der Waals surface area contributed by atoms with Gasteiger partial charge in [-0.3, -0.25) is 14.9 Å². The van der Waals surface area contributed by atoms with Crippen LogP contribution in [-0.2, 0) is 4.79 Å². The van der Waals surface area contributed by atoms with Crippen LogP contribution in [0.5, 0.6) is 11.5 Å². The molecule has 0 spiro atoms. The minimum absolute atomic E-state index is 0.0261. The SMILES string of the molecule is CCOc1ccc(C=NNC(=O)COc2ccccc2[N+](=O)[O-])cc1. The van der Waals surface area contributed by atoms with Crippen LogP contribution < -0.4 is 14.9 Å². The highest BCUT2D eigenvalue weighted by Crippen LogP contribution is 2.25.